The minimum absolute atomic E-state index is 0.431. The summed E-state index contributed by atoms with van der Waals surface area (Å²) in [5.74, 6) is -1.12. The van der Waals surface area contributed by atoms with Crippen LogP contribution in [0.5, 0.6) is 0 Å². The second kappa shape index (κ2) is 6.39. The van der Waals surface area contributed by atoms with E-state index in [1.807, 2.05) is 30.3 Å². The quantitative estimate of drug-likeness (QED) is 0.632. The molecule has 0 fully saturated rings. The molecule has 1 aromatic rings. The van der Waals surface area contributed by atoms with Gasteiger partial charge >= 0.3 is 11.9 Å². The molecule has 5 heteroatoms. The van der Waals surface area contributed by atoms with Crippen LogP contribution >= 0.6 is 15.9 Å². The third kappa shape index (κ3) is 3.85. The molecule has 0 heterocycles. The highest BCUT2D eigenvalue weighted by atomic mass is 79.9. The van der Waals surface area contributed by atoms with Crippen molar-refractivity contribution in [3.05, 3.63) is 35.9 Å². The largest absolute Gasteiger partial charge is 0.466 e. The lowest BCUT2D eigenvalue weighted by Gasteiger charge is -2.20. The van der Waals surface area contributed by atoms with E-state index in [-0.39, 0.29) is 0 Å². The van der Waals surface area contributed by atoms with E-state index >= 15 is 0 Å². The Morgan fingerprint density at radius 3 is 2.29 bits per heavy atom. The van der Waals surface area contributed by atoms with E-state index in [4.69, 9.17) is 4.74 Å². The van der Waals surface area contributed by atoms with Crippen molar-refractivity contribution in [1.82, 2.24) is 0 Å². The van der Waals surface area contributed by atoms with Crippen molar-refractivity contribution in [3.63, 3.8) is 0 Å². The van der Waals surface area contributed by atoms with Gasteiger partial charge in [0.15, 0.2) is 0 Å². The number of benzene rings is 1. The minimum Gasteiger partial charge on any atom is -0.466 e. The first kappa shape index (κ1) is 13.7. The number of hydrogen-bond acceptors (Lipinski definition) is 4. The molecule has 0 aliphatic heterocycles. The molecule has 0 saturated heterocycles. The predicted octanol–water partition coefficient (Wildman–Crippen LogP) is 2.23. The highest BCUT2D eigenvalue weighted by Gasteiger charge is 2.31. The Morgan fingerprint density at radius 1 is 1.24 bits per heavy atom. The smallest absolute Gasteiger partial charge is 0.348 e. The van der Waals surface area contributed by atoms with Crippen LogP contribution in [0.3, 0.4) is 0 Å². The molecule has 0 N–H and O–H groups in total. The standard InChI is InChI=1S/C12H13BrO4/c1-8(14)17-11(12(15)16-2)10(13)9-6-4-3-5-7-9/h3-7,10-11H,1-2H3. The molecular weight excluding hydrogens is 288 g/mol. The Bertz CT molecular complexity index is 391. The third-order valence-electron chi connectivity index (χ3n) is 2.11. The number of carbonyl (C=O) groups excluding carboxylic acids is 2. The van der Waals surface area contributed by atoms with Gasteiger partial charge in [-0.1, -0.05) is 46.3 Å². The maximum absolute atomic E-state index is 11.5. The summed E-state index contributed by atoms with van der Waals surface area (Å²) in [4.78, 5) is 22.1. The van der Waals surface area contributed by atoms with Crippen molar-refractivity contribution >= 4 is 27.9 Å². The number of esters is 2. The topological polar surface area (TPSA) is 52.6 Å². The van der Waals surface area contributed by atoms with E-state index in [2.05, 4.69) is 20.7 Å². The van der Waals surface area contributed by atoms with Crippen LogP contribution in [0.1, 0.15) is 17.3 Å². The Hall–Kier alpha value is -1.36. The Kier molecular flexibility index (Phi) is 5.15. The highest BCUT2D eigenvalue weighted by Crippen LogP contribution is 2.29. The van der Waals surface area contributed by atoms with Crippen LogP contribution < -0.4 is 0 Å². The first-order valence-corrected chi connectivity index (χ1v) is 5.92. The fourth-order valence-corrected chi connectivity index (χ4v) is 1.96. The van der Waals surface area contributed by atoms with Crippen LogP contribution in [0, 0.1) is 0 Å². The van der Waals surface area contributed by atoms with Gasteiger partial charge in [0.2, 0.25) is 6.10 Å². The predicted molar refractivity (Wildman–Crippen MR) is 65.7 cm³/mol. The van der Waals surface area contributed by atoms with Gasteiger partial charge < -0.3 is 9.47 Å². The van der Waals surface area contributed by atoms with E-state index in [0.717, 1.165) is 5.56 Å². The number of ether oxygens (including phenoxy) is 2. The molecule has 4 nitrogen and oxygen atoms in total. The average molecular weight is 301 g/mol. The highest BCUT2D eigenvalue weighted by molar-refractivity contribution is 9.09. The van der Waals surface area contributed by atoms with Crippen LogP contribution in [0.25, 0.3) is 0 Å². The summed E-state index contributed by atoms with van der Waals surface area (Å²) < 4.78 is 9.57. The molecule has 1 rings (SSSR count). The zero-order valence-electron chi connectivity index (χ0n) is 9.55. The molecule has 2 atom stereocenters. The van der Waals surface area contributed by atoms with Crippen molar-refractivity contribution in [2.45, 2.75) is 17.9 Å². The van der Waals surface area contributed by atoms with Gasteiger partial charge in [-0.2, -0.15) is 0 Å². The van der Waals surface area contributed by atoms with Gasteiger partial charge in [0.25, 0.3) is 0 Å². The fourth-order valence-electron chi connectivity index (χ4n) is 1.33. The first-order chi connectivity index (χ1) is 8.06. The molecule has 0 bridgehead atoms. The Labute approximate surface area is 108 Å². The van der Waals surface area contributed by atoms with Crippen LogP contribution in [0.15, 0.2) is 30.3 Å². The van der Waals surface area contributed by atoms with Gasteiger partial charge in [0.1, 0.15) is 0 Å². The summed E-state index contributed by atoms with van der Waals surface area (Å²) >= 11 is 3.34. The summed E-state index contributed by atoms with van der Waals surface area (Å²) in [6.45, 7) is 1.25. The van der Waals surface area contributed by atoms with E-state index in [1.54, 1.807) is 0 Å². The maximum Gasteiger partial charge on any atom is 0.348 e. The van der Waals surface area contributed by atoms with Gasteiger partial charge in [-0.3, -0.25) is 4.79 Å². The van der Waals surface area contributed by atoms with Gasteiger partial charge in [-0.05, 0) is 5.56 Å². The number of hydrogen-bond donors (Lipinski definition) is 0. The van der Waals surface area contributed by atoms with Crippen molar-refractivity contribution in [2.24, 2.45) is 0 Å². The lowest BCUT2D eigenvalue weighted by Crippen LogP contribution is -2.31. The molecule has 0 radical (unpaired) electrons. The van der Waals surface area contributed by atoms with Crippen molar-refractivity contribution in [2.75, 3.05) is 7.11 Å². The molecule has 0 aliphatic carbocycles. The third-order valence-corrected chi connectivity index (χ3v) is 3.12. The lowest BCUT2D eigenvalue weighted by atomic mass is 10.1. The van der Waals surface area contributed by atoms with E-state index in [1.165, 1.54) is 14.0 Å². The summed E-state index contributed by atoms with van der Waals surface area (Å²) in [7, 11) is 1.25. The Balaban J connectivity index is 2.90. The molecule has 0 saturated carbocycles. The van der Waals surface area contributed by atoms with Gasteiger partial charge in [0, 0.05) is 6.92 Å². The van der Waals surface area contributed by atoms with Gasteiger partial charge in [0.05, 0.1) is 11.9 Å². The number of carbonyl (C=O) groups is 2. The second-order valence-corrected chi connectivity index (χ2v) is 4.35. The fraction of sp³-hybridized carbons (Fsp3) is 0.333. The van der Waals surface area contributed by atoms with E-state index < -0.39 is 22.9 Å². The lowest BCUT2D eigenvalue weighted by molar-refractivity contribution is -0.164. The SMILES string of the molecule is COC(=O)C(OC(C)=O)C(Br)c1ccccc1. The van der Waals surface area contributed by atoms with Crippen LogP contribution in [0.2, 0.25) is 0 Å². The van der Waals surface area contributed by atoms with Gasteiger partial charge in [-0.25, -0.2) is 4.79 Å². The molecule has 0 amide bonds. The van der Waals surface area contributed by atoms with Crippen molar-refractivity contribution in [3.8, 4) is 0 Å². The molecule has 1 aromatic carbocycles. The molecule has 0 aliphatic rings. The summed E-state index contributed by atoms with van der Waals surface area (Å²) in [5, 5.41) is 0. The Morgan fingerprint density at radius 2 is 1.82 bits per heavy atom. The summed E-state index contributed by atoms with van der Waals surface area (Å²) in [6, 6.07) is 9.21. The second-order valence-electron chi connectivity index (χ2n) is 3.37. The normalized spacial score (nSPS) is 13.6. The summed E-state index contributed by atoms with van der Waals surface area (Å²) in [6.07, 6.45) is -0.986. The van der Waals surface area contributed by atoms with Crippen LogP contribution in [-0.4, -0.2) is 25.2 Å². The van der Waals surface area contributed by atoms with Crippen LogP contribution in [-0.2, 0) is 19.1 Å². The maximum atomic E-state index is 11.5. The monoisotopic (exact) mass is 300 g/mol. The molecular formula is C12H13BrO4. The number of rotatable bonds is 4. The molecule has 0 aromatic heterocycles. The number of alkyl halides is 1. The number of halogens is 1. The van der Waals surface area contributed by atoms with Crippen LogP contribution in [0.4, 0.5) is 0 Å². The van der Waals surface area contributed by atoms with E-state index in [9.17, 15) is 9.59 Å². The zero-order chi connectivity index (χ0) is 12.8. The summed E-state index contributed by atoms with van der Waals surface area (Å²) in [5.41, 5.74) is 0.837. The van der Waals surface area contributed by atoms with E-state index in [0.29, 0.717) is 0 Å². The minimum atomic E-state index is -0.986. The van der Waals surface area contributed by atoms with Gasteiger partial charge in [-0.15, -0.1) is 0 Å². The number of methoxy groups -OCH3 is 1. The van der Waals surface area contributed by atoms with Crippen molar-refractivity contribution < 1.29 is 19.1 Å². The molecule has 92 valence electrons. The molecule has 0 spiro atoms. The molecule has 17 heavy (non-hydrogen) atoms. The zero-order valence-corrected chi connectivity index (χ0v) is 11.1. The molecule has 2 unspecified atom stereocenters. The first-order valence-electron chi connectivity index (χ1n) is 5.00. The van der Waals surface area contributed by atoms with Crippen molar-refractivity contribution in [1.29, 1.82) is 0 Å². The average Bonchev–Trinajstić information content (AvgIpc) is 2.35.